The van der Waals surface area contributed by atoms with Crippen LogP contribution in [0.1, 0.15) is 28.0 Å². The zero-order chi connectivity index (χ0) is 12.4. The zero-order valence-electron chi connectivity index (χ0n) is 10.4. The van der Waals surface area contributed by atoms with E-state index in [4.69, 9.17) is 0 Å². The molecule has 0 fully saturated rings. The van der Waals surface area contributed by atoms with E-state index in [0.29, 0.717) is 12.5 Å². The highest BCUT2D eigenvalue weighted by Crippen LogP contribution is 2.33. The van der Waals surface area contributed by atoms with Gasteiger partial charge in [0, 0.05) is 11.5 Å². The summed E-state index contributed by atoms with van der Waals surface area (Å²) in [4.78, 5) is 1.51. The molecule has 0 saturated carbocycles. The minimum Gasteiger partial charge on any atom is -0.396 e. The van der Waals surface area contributed by atoms with Gasteiger partial charge in [-0.2, -0.15) is 0 Å². The van der Waals surface area contributed by atoms with Crippen LogP contribution in [0.25, 0.3) is 0 Å². The van der Waals surface area contributed by atoms with E-state index in [1.54, 1.807) is 5.56 Å². The third-order valence-corrected chi connectivity index (χ3v) is 4.94. The quantitative estimate of drug-likeness (QED) is 0.894. The predicted molar refractivity (Wildman–Crippen MR) is 76.2 cm³/mol. The molecule has 0 radical (unpaired) electrons. The number of hydrogen-bond acceptors (Lipinski definition) is 2. The molecule has 1 aliphatic carbocycles. The standard InChI is InChI=1S/C16H18OS/c17-10-13-6-7-15-14(11-18-16(15)9-13)8-12-4-2-1-3-5-12/h1-5,11,13,17H,6-10H2. The highest BCUT2D eigenvalue weighted by Gasteiger charge is 2.21. The molecule has 1 aliphatic rings. The molecule has 0 saturated heterocycles. The van der Waals surface area contributed by atoms with Crippen LogP contribution in [-0.4, -0.2) is 11.7 Å². The average molecular weight is 258 g/mol. The number of rotatable bonds is 3. The number of benzene rings is 1. The van der Waals surface area contributed by atoms with E-state index >= 15 is 0 Å². The van der Waals surface area contributed by atoms with Crippen LogP contribution in [0.3, 0.4) is 0 Å². The maximum atomic E-state index is 9.26. The van der Waals surface area contributed by atoms with E-state index in [9.17, 15) is 5.11 Å². The molecule has 2 heteroatoms. The fraction of sp³-hybridized carbons (Fsp3) is 0.375. The van der Waals surface area contributed by atoms with Gasteiger partial charge in [-0.05, 0) is 53.7 Å². The number of thiophene rings is 1. The Hall–Kier alpha value is -1.12. The summed E-state index contributed by atoms with van der Waals surface area (Å²) in [6.07, 6.45) is 4.41. The Morgan fingerprint density at radius 1 is 1.22 bits per heavy atom. The molecule has 1 N–H and O–H groups in total. The van der Waals surface area contributed by atoms with Crippen molar-refractivity contribution in [1.82, 2.24) is 0 Å². The Balaban J connectivity index is 1.81. The van der Waals surface area contributed by atoms with Crippen molar-refractivity contribution in [1.29, 1.82) is 0 Å². The second-order valence-corrected chi connectivity index (χ2v) is 6.08. The van der Waals surface area contributed by atoms with Crippen LogP contribution >= 0.6 is 11.3 Å². The molecule has 0 amide bonds. The fourth-order valence-electron chi connectivity index (χ4n) is 2.77. The molecule has 2 aromatic rings. The third-order valence-electron chi connectivity index (χ3n) is 3.84. The van der Waals surface area contributed by atoms with Crippen LogP contribution in [0, 0.1) is 5.92 Å². The maximum Gasteiger partial charge on any atom is 0.0462 e. The van der Waals surface area contributed by atoms with Crippen molar-refractivity contribution in [3.8, 4) is 0 Å². The molecule has 94 valence electrons. The largest absolute Gasteiger partial charge is 0.396 e. The molecule has 1 unspecified atom stereocenters. The summed E-state index contributed by atoms with van der Waals surface area (Å²) < 4.78 is 0. The SMILES string of the molecule is OCC1CCc2c(Cc3ccccc3)csc2C1. The number of fused-ring (bicyclic) bond motifs is 1. The molecule has 3 rings (SSSR count). The monoisotopic (exact) mass is 258 g/mol. The molecule has 18 heavy (non-hydrogen) atoms. The molecule has 1 nitrogen and oxygen atoms in total. The Morgan fingerprint density at radius 3 is 2.83 bits per heavy atom. The first-order valence-electron chi connectivity index (χ1n) is 6.59. The lowest BCUT2D eigenvalue weighted by Gasteiger charge is -2.20. The van der Waals surface area contributed by atoms with Gasteiger partial charge in [-0.3, -0.25) is 0 Å². The second kappa shape index (κ2) is 5.25. The van der Waals surface area contributed by atoms with Gasteiger partial charge in [0.25, 0.3) is 0 Å². The van der Waals surface area contributed by atoms with Gasteiger partial charge < -0.3 is 5.11 Å². The van der Waals surface area contributed by atoms with Gasteiger partial charge in [0.2, 0.25) is 0 Å². The Kier molecular flexibility index (Phi) is 3.48. The lowest BCUT2D eigenvalue weighted by atomic mass is 9.87. The van der Waals surface area contributed by atoms with Gasteiger partial charge in [-0.1, -0.05) is 30.3 Å². The van der Waals surface area contributed by atoms with Crippen molar-refractivity contribution >= 4 is 11.3 Å². The Morgan fingerprint density at radius 2 is 2.06 bits per heavy atom. The molecule has 0 spiro atoms. The number of hydrogen-bond donors (Lipinski definition) is 1. The summed E-state index contributed by atoms with van der Waals surface area (Å²) in [5, 5.41) is 11.6. The fourth-order valence-corrected chi connectivity index (χ4v) is 3.99. The van der Waals surface area contributed by atoms with Crippen molar-refractivity contribution in [2.24, 2.45) is 5.92 Å². The summed E-state index contributed by atoms with van der Waals surface area (Å²) >= 11 is 1.88. The topological polar surface area (TPSA) is 20.2 Å². The molecular weight excluding hydrogens is 240 g/mol. The van der Waals surface area contributed by atoms with Gasteiger partial charge in [0.15, 0.2) is 0 Å². The summed E-state index contributed by atoms with van der Waals surface area (Å²) in [5.41, 5.74) is 4.45. The molecule has 1 aromatic carbocycles. The number of aliphatic hydroxyl groups is 1. The van der Waals surface area contributed by atoms with E-state index in [1.165, 1.54) is 16.0 Å². The van der Waals surface area contributed by atoms with Crippen molar-refractivity contribution in [3.63, 3.8) is 0 Å². The van der Waals surface area contributed by atoms with E-state index in [0.717, 1.165) is 25.7 Å². The summed E-state index contributed by atoms with van der Waals surface area (Å²) in [7, 11) is 0. The van der Waals surface area contributed by atoms with Crippen molar-refractivity contribution in [3.05, 3.63) is 57.3 Å². The van der Waals surface area contributed by atoms with Crippen LogP contribution < -0.4 is 0 Å². The predicted octanol–water partition coefficient (Wildman–Crippen LogP) is 3.44. The van der Waals surface area contributed by atoms with Gasteiger partial charge in [0.05, 0.1) is 0 Å². The Labute approximate surface area is 112 Å². The van der Waals surface area contributed by atoms with E-state index in [1.807, 2.05) is 11.3 Å². The Bertz CT molecular complexity index is 515. The third kappa shape index (κ3) is 2.36. The van der Waals surface area contributed by atoms with Gasteiger partial charge in [0.1, 0.15) is 0 Å². The minimum atomic E-state index is 0.339. The normalized spacial score (nSPS) is 18.6. The molecule has 0 bridgehead atoms. The minimum absolute atomic E-state index is 0.339. The molecule has 1 heterocycles. The summed E-state index contributed by atoms with van der Waals surface area (Å²) in [5.74, 6) is 0.487. The van der Waals surface area contributed by atoms with Crippen LogP contribution in [-0.2, 0) is 19.3 Å². The zero-order valence-corrected chi connectivity index (χ0v) is 11.2. The van der Waals surface area contributed by atoms with Crippen molar-refractivity contribution < 1.29 is 5.11 Å². The molecule has 1 aromatic heterocycles. The van der Waals surface area contributed by atoms with Crippen LogP contribution in [0.2, 0.25) is 0 Å². The molecule has 0 aliphatic heterocycles. The van der Waals surface area contributed by atoms with E-state index in [2.05, 4.69) is 35.7 Å². The first-order chi connectivity index (χ1) is 8.86. The first-order valence-corrected chi connectivity index (χ1v) is 7.47. The van der Waals surface area contributed by atoms with Crippen LogP contribution in [0.15, 0.2) is 35.7 Å². The lowest BCUT2D eigenvalue weighted by molar-refractivity contribution is 0.214. The van der Waals surface area contributed by atoms with Gasteiger partial charge in [-0.25, -0.2) is 0 Å². The van der Waals surface area contributed by atoms with Gasteiger partial charge >= 0.3 is 0 Å². The maximum absolute atomic E-state index is 9.26. The van der Waals surface area contributed by atoms with Crippen molar-refractivity contribution in [2.45, 2.75) is 25.7 Å². The summed E-state index contributed by atoms with van der Waals surface area (Å²) in [6, 6.07) is 10.7. The van der Waals surface area contributed by atoms with Crippen LogP contribution in [0.4, 0.5) is 0 Å². The summed E-state index contributed by atoms with van der Waals surface area (Å²) in [6.45, 7) is 0.339. The van der Waals surface area contributed by atoms with E-state index in [-0.39, 0.29) is 0 Å². The van der Waals surface area contributed by atoms with E-state index < -0.39 is 0 Å². The van der Waals surface area contributed by atoms with Gasteiger partial charge in [-0.15, -0.1) is 11.3 Å². The second-order valence-electron chi connectivity index (χ2n) is 5.12. The van der Waals surface area contributed by atoms with Crippen molar-refractivity contribution in [2.75, 3.05) is 6.61 Å². The average Bonchev–Trinajstić information content (AvgIpc) is 2.82. The molecular formula is C16H18OS. The van der Waals surface area contributed by atoms with Crippen LogP contribution in [0.5, 0.6) is 0 Å². The number of aliphatic hydroxyl groups excluding tert-OH is 1. The highest BCUT2D eigenvalue weighted by molar-refractivity contribution is 7.10. The first kappa shape index (κ1) is 11.9. The lowest BCUT2D eigenvalue weighted by Crippen LogP contribution is -2.16. The highest BCUT2D eigenvalue weighted by atomic mass is 32.1. The smallest absolute Gasteiger partial charge is 0.0462 e. The molecule has 1 atom stereocenters.